The van der Waals surface area contributed by atoms with Crippen LogP contribution in [0.1, 0.15) is 22.8 Å². The summed E-state index contributed by atoms with van der Waals surface area (Å²) in [7, 11) is 0. The van der Waals surface area contributed by atoms with E-state index in [9.17, 15) is 4.79 Å². The molecule has 86 valence electrons. The zero-order chi connectivity index (χ0) is 12.3. The highest BCUT2D eigenvalue weighted by atomic mass is 35.5. The SMILES string of the molecule is CCc1ccc(-c2ccc(Cl)cc2C=O)cc1. The first-order chi connectivity index (χ1) is 8.24. The number of carbonyl (C=O) groups excluding carboxylic acids is 1. The molecule has 1 nitrogen and oxygen atoms in total. The highest BCUT2D eigenvalue weighted by Crippen LogP contribution is 2.25. The predicted octanol–water partition coefficient (Wildman–Crippen LogP) is 4.38. The number of hydrogen-bond donors (Lipinski definition) is 0. The van der Waals surface area contributed by atoms with Crippen molar-refractivity contribution >= 4 is 17.9 Å². The molecule has 0 N–H and O–H groups in total. The first-order valence-electron chi connectivity index (χ1n) is 5.58. The largest absolute Gasteiger partial charge is 0.298 e. The molecule has 0 atom stereocenters. The minimum Gasteiger partial charge on any atom is -0.298 e. The fourth-order valence-corrected chi connectivity index (χ4v) is 1.99. The monoisotopic (exact) mass is 244 g/mol. The lowest BCUT2D eigenvalue weighted by atomic mass is 9.99. The molecule has 0 saturated heterocycles. The van der Waals surface area contributed by atoms with E-state index in [1.165, 1.54) is 5.56 Å². The van der Waals surface area contributed by atoms with E-state index in [0.29, 0.717) is 10.6 Å². The van der Waals surface area contributed by atoms with E-state index in [0.717, 1.165) is 23.8 Å². The quantitative estimate of drug-likeness (QED) is 0.733. The summed E-state index contributed by atoms with van der Waals surface area (Å²) in [6.07, 6.45) is 1.86. The molecular weight excluding hydrogens is 232 g/mol. The van der Waals surface area contributed by atoms with Crippen LogP contribution in [-0.2, 0) is 6.42 Å². The Balaban J connectivity index is 2.48. The topological polar surface area (TPSA) is 17.1 Å². The van der Waals surface area contributed by atoms with Crippen LogP contribution in [0.5, 0.6) is 0 Å². The second kappa shape index (κ2) is 5.15. The van der Waals surface area contributed by atoms with Crippen LogP contribution in [0, 0.1) is 0 Å². The van der Waals surface area contributed by atoms with Gasteiger partial charge in [0.2, 0.25) is 0 Å². The van der Waals surface area contributed by atoms with Crippen molar-refractivity contribution in [3.8, 4) is 11.1 Å². The average Bonchev–Trinajstić information content (AvgIpc) is 2.39. The normalized spacial score (nSPS) is 10.2. The standard InChI is InChI=1S/C15H13ClO/c1-2-11-3-5-12(6-4-11)15-8-7-14(16)9-13(15)10-17/h3-10H,2H2,1H3. The molecule has 0 aliphatic carbocycles. The van der Waals surface area contributed by atoms with Gasteiger partial charge in [0, 0.05) is 10.6 Å². The van der Waals surface area contributed by atoms with Gasteiger partial charge in [-0.3, -0.25) is 4.79 Å². The van der Waals surface area contributed by atoms with Gasteiger partial charge in [0.1, 0.15) is 0 Å². The first kappa shape index (κ1) is 11.9. The van der Waals surface area contributed by atoms with Crippen LogP contribution in [0.2, 0.25) is 5.02 Å². The molecule has 0 aromatic heterocycles. The van der Waals surface area contributed by atoms with Crippen molar-refractivity contribution in [3.63, 3.8) is 0 Å². The highest BCUT2D eigenvalue weighted by molar-refractivity contribution is 6.31. The van der Waals surface area contributed by atoms with Crippen molar-refractivity contribution in [1.82, 2.24) is 0 Å². The molecule has 0 amide bonds. The second-order valence-corrected chi connectivity index (χ2v) is 4.34. The Kier molecular flexibility index (Phi) is 3.60. The fraction of sp³-hybridized carbons (Fsp3) is 0.133. The van der Waals surface area contributed by atoms with Crippen LogP contribution in [-0.4, -0.2) is 6.29 Å². The number of halogens is 1. The van der Waals surface area contributed by atoms with Crippen molar-refractivity contribution in [1.29, 1.82) is 0 Å². The van der Waals surface area contributed by atoms with Gasteiger partial charge in [-0.05, 0) is 35.2 Å². The Morgan fingerprint density at radius 2 is 1.82 bits per heavy atom. The third-order valence-electron chi connectivity index (χ3n) is 2.81. The number of rotatable bonds is 3. The number of aryl methyl sites for hydroxylation is 1. The van der Waals surface area contributed by atoms with Crippen LogP contribution < -0.4 is 0 Å². The van der Waals surface area contributed by atoms with Crippen molar-refractivity contribution in [2.75, 3.05) is 0 Å². The maximum absolute atomic E-state index is 11.0. The number of aldehydes is 1. The Hall–Kier alpha value is -1.60. The molecule has 0 unspecified atom stereocenters. The summed E-state index contributed by atoms with van der Waals surface area (Å²) in [5.74, 6) is 0. The van der Waals surface area contributed by atoms with Gasteiger partial charge in [0.15, 0.2) is 6.29 Å². The lowest BCUT2D eigenvalue weighted by Gasteiger charge is -2.06. The van der Waals surface area contributed by atoms with Gasteiger partial charge < -0.3 is 0 Å². The minimum atomic E-state index is 0.584. The van der Waals surface area contributed by atoms with Gasteiger partial charge >= 0.3 is 0 Å². The van der Waals surface area contributed by atoms with E-state index in [1.807, 2.05) is 18.2 Å². The summed E-state index contributed by atoms with van der Waals surface area (Å²) in [6, 6.07) is 13.6. The van der Waals surface area contributed by atoms with Gasteiger partial charge in [-0.2, -0.15) is 0 Å². The smallest absolute Gasteiger partial charge is 0.150 e. The average molecular weight is 245 g/mol. The first-order valence-corrected chi connectivity index (χ1v) is 5.96. The number of benzene rings is 2. The third-order valence-corrected chi connectivity index (χ3v) is 3.05. The molecule has 0 radical (unpaired) electrons. The Labute approximate surface area is 106 Å². The van der Waals surface area contributed by atoms with Gasteiger partial charge in [0.05, 0.1) is 0 Å². The summed E-state index contributed by atoms with van der Waals surface area (Å²) in [5, 5.41) is 0.584. The van der Waals surface area contributed by atoms with Crippen molar-refractivity contribution in [2.45, 2.75) is 13.3 Å². The zero-order valence-electron chi connectivity index (χ0n) is 9.61. The third kappa shape index (κ3) is 2.56. The maximum atomic E-state index is 11.0. The van der Waals surface area contributed by atoms with Gasteiger partial charge in [-0.1, -0.05) is 48.9 Å². The van der Waals surface area contributed by atoms with E-state index in [2.05, 4.69) is 19.1 Å². The molecule has 0 spiro atoms. The van der Waals surface area contributed by atoms with Crippen molar-refractivity contribution < 1.29 is 4.79 Å². The summed E-state index contributed by atoms with van der Waals surface area (Å²) >= 11 is 5.87. The fourth-order valence-electron chi connectivity index (χ4n) is 1.81. The van der Waals surface area contributed by atoms with E-state index in [1.54, 1.807) is 12.1 Å². The van der Waals surface area contributed by atoms with Gasteiger partial charge in [-0.25, -0.2) is 0 Å². The molecule has 2 aromatic rings. The molecule has 2 heteroatoms. The van der Waals surface area contributed by atoms with E-state index in [-0.39, 0.29) is 0 Å². The molecule has 0 fully saturated rings. The van der Waals surface area contributed by atoms with Crippen LogP contribution >= 0.6 is 11.6 Å². The lowest BCUT2D eigenvalue weighted by molar-refractivity contribution is 0.112. The molecule has 0 aliphatic rings. The molecule has 0 bridgehead atoms. The minimum absolute atomic E-state index is 0.584. The Bertz CT molecular complexity index is 529. The molecule has 0 heterocycles. The Morgan fingerprint density at radius 1 is 1.12 bits per heavy atom. The number of hydrogen-bond acceptors (Lipinski definition) is 1. The molecule has 0 saturated carbocycles. The zero-order valence-corrected chi connectivity index (χ0v) is 10.4. The second-order valence-electron chi connectivity index (χ2n) is 3.90. The van der Waals surface area contributed by atoms with E-state index < -0.39 is 0 Å². The predicted molar refractivity (Wildman–Crippen MR) is 71.7 cm³/mol. The molecule has 17 heavy (non-hydrogen) atoms. The summed E-state index contributed by atoms with van der Waals surface area (Å²) in [4.78, 5) is 11.0. The summed E-state index contributed by atoms with van der Waals surface area (Å²) in [6.45, 7) is 2.12. The van der Waals surface area contributed by atoms with Crippen LogP contribution in [0.3, 0.4) is 0 Å². The van der Waals surface area contributed by atoms with Crippen LogP contribution in [0.25, 0.3) is 11.1 Å². The van der Waals surface area contributed by atoms with E-state index in [4.69, 9.17) is 11.6 Å². The van der Waals surface area contributed by atoms with E-state index >= 15 is 0 Å². The van der Waals surface area contributed by atoms with Crippen LogP contribution in [0.15, 0.2) is 42.5 Å². The van der Waals surface area contributed by atoms with Crippen LogP contribution in [0.4, 0.5) is 0 Å². The highest BCUT2D eigenvalue weighted by Gasteiger charge is 2.05. The molecule has 2 aromatic carbocycles. The van der Waals surface area contributed by atoms with Crippen molar-refractivity contribution in [3.05, 3.63) is 58.6 Å². The van der Waals surface area contributed by atoms with Gasteiger partial charge in [-0.15, -0.1) is 0 Å². The summed E-state index contributed by atoms with van der Waals surface area (Å²) < 4.78 is 0. The van der Waals surface area contributed by atoms with Gasteiger partial charge in [0.25, 0.3) is 0 Å². The maximum Gasteiger partial charge on any atom is 0.150 e. The molecule has 2 rings (SSSR count). The lowest BCUT2D eigenvalue weighted by Crippen LogP contribution is -1.88. The Morgan fingerprint density at radius 3 is 2.41 bits per heavy atom. The molecular formula is C15H13ClO. The van der Waals surface area contributed by atoms with Crippen molar-refractivity contribution in [2.24, 2.45) is 0 Å². The summed E-state index contributed by atoms with van der Waals surface area (Å²) in [5.41, 5.74) is 3.88. The number of carbonyl (C=O) groups is 1. The molecule has 0 aliphatic heterocycles.